The van der Waals surface area contributed by atoms with E-state index in [1.54, 1.807) is 24.3 Å². The van der Waals surface area contributed by atoms with Gasteiger partial charge in [0.15, 0.2) is 0 Å². The van der Waals surface area contributed by atoms with Crippen LogP contribution in [0.15, 0.2) is 45.3 Å². The Hall–Kier alpha value is -0.550. The van der Waals surface area contributed by atoms with E-state index in [9.17, 15) is 0 Å². The Morgan fingerprint density at radius 1 is 1.06 bits per heavy atom. The second-order valence-corrected chi connectivity index (χ2v) is 5.78. The fourth-order valence-corrected chi connectivity index (χ4v) is 2.62. The molecule has 0 radical (unpaired) electrons. The van der Waals surface area contributed by atoms with Crippen LogP contribution in [0.1, 0.15) is 5.56 Å². The molecule has 0 aliphatic carbocycles. The number of rotatable bonds is 3. The predicted molar refractivity (Wildman–Crippen MR) is 79.3 cm³/mol. The zero-order valence-electron chi connectivity index (χ0n) is 9.16. The van der Waals surface area contributed by atoms with Crippen LogP contribution in [0, 0.1) is 0 Å². The van der Waals surface area contributed by atoms with Gasteiger partial charge in [-0.25, -0.2) is 0 Å². The number of halogens is 3. The maximum Gasteiger partial charge on any atom is 0.146 e. The van der Waals surface area contributed by atoms with Crippen molar-refractivity contribution in [2.45, 2.75) is 6.61 Å². The highest BCUT2D eigenvalue weighted by Gasteiger charge is 2.07. The topological polar surface area (TPSA) is 29.5 Å². The Balaban J connectivity index is 2.28. The third kappa shape index (κ3) is 3.26. The standard InChI is InChI=1S/C13H9Br2ClO2/c14-9-2-4-13(11(16)6-9)18-12-3-1-8(7-17)5-10(12)15/h1-6,17H,7H2. The van der Waals surface area contributed by atoms with Gasteiger partial charge in [-0.1, -0.05) is 33.6 Å². The average molecular weight is 392 g/mol. The van der Waals surface area contributed by atoms with Crippen LogP contribution in [0.2, 0.25) is 5.02 Å². The third-order valence-corrected chi connectivity index (χ3v) is 3.70. The molecule has 0 aliphatic heterocycles. The van der Waals surface area contributed by atoms with E-state index in [0.29, 0.717) is 16.5 Å². The molecule has 5 heteroatoms. The fourth-order valence-electron chi connectivity index (χ4n) is 1.40. The molecule has 0 aromatic heterocycles. The minimum atomic E-state index is -0.00206. The summed E-state index contributed by atoms with van der Waals surface area (Å²) in [5.74, 6) is 1.23. The summed E-state index contributed by atoms with van der Waals surface area (Å²) in [6.07, 6.45) is 0. The highest BCUT2D eigenvalue weighted by atomic mass is 79.9. The SMILES string of the molecule is OCc1ccc(Oc2ccc(Br)cc2Cl)c(Br)c1. The number of aliphatic hydroxyl groups is 1. The lowest BCUT2D eigenvalue weighted by Crippen LogP contribution is -1.89. The molecule has 0 saturated heterocycles. The lowest BCUT2D eigenvalue weighted by molar-refractivity contribution is 0.281. The molecular weight excluding hydrogens is 383 g/mol. The molecule has 2 rings (SSSR count). The molecule has 0 amide bonds. The van der Waals surface area contributed by atoms with Gasteiger partial charge in [-0.3, -0.25) is 0 Å². The van der Waals surface area contributed by atoms with E-state index in [-0.39, 0.29) is 6.61 Å². The maximum absolute atomic E-state index is 9.03. The lowest BCUT2D eigenvalue weighted by Gasteiger charge is -2.10. The van der Waals surface area contributed by atoms with E-state index in [0.717, 1.165) is 14.5 Å². The Morgan fingerprint density at radius 2 is 1.78 bits per heavy atom. The lowest BCUT2D eigenvalue weighted by atomic mass is 10.2. The normalized spacial score (nSPS) is 10.4. The highest BCUT2D eigenvalue weighted by Crippen LogP contribution is 2.35. The van der Waals surface area contributed by atoms with Gasteiger partial charge >= 0.3 is 0 Å². The van der Waals surface area contributed by atoms with Crippen molar-refractivity contribution in [2.24, 2.45) is 0 Å². The van der Waals surface area contributed by atoms with Gasteiger partial charge < -0.3 is 9.84 Å². The van der Waals surface area contributed by atoms with Crippen molar-refractivity contribution < 1.29 is 9.84 Å². The minimum absolute atomic E-state index is 0.00206. The Bertz CT molecular complexity index is 573. The molecule has 0 fully saturated rings. The van der Waals surface area contributed by atoms with Crippen molar-refractivity contribution >= 4 is 43.5 Å². The van der Waals surface area contributed by atoms with Gasteiger partial charge in [0.05, 0.1) is 16.1 Å². The zero-order chi connectivity index (χ0) is 13.1. The van der Waals surface area contributed by atoms with Gasteiger partial charge in [0.1, 0.15) is 11.5 Å². The first-order valence-electron chi connectivity index (χ1n) is 5.12. The molecule has 0 bridgehead atoms. The van der Waals surface area contributed by atoms with E-state index in [1.165, 1.54) is 0 Å². The van der Waals surface area contributed by atoms with Gasteiger partial charge in [0.2, 0.25) is 0 Å². The van der Waals surface area contributed by atoms with Crippen molar-refractivity contribution in [3.63, 3.8) is 0 Å². The number of ether oxygens (including phenoxy) is 1. The summed E-state index contributed by atoms with van der Waals surface area (Å²) < 4.78 is 7.38. The Kier molecular flexibility index (Phi) is 4.67. The van der Waals surface area contributed by atoms with Crippen LogP contribution in [0.25, 0.3) is 0 Å². The first-order chi connectivity index (χ1) is 8.60. The van der Waals surface area contributed by atoms with Crippen molar-refractivity contribution in [3.05, 3.63) is 55.9 Å². The van der Waals surface area contributed by atoms with E-state index >= 15 is 0 Å². The molecule has 0 aliphatic rings. The molecule has 0 atom stereocenters. The van der Waals surface area contributed by atoms with Crippen LogP contribution in [0.3, 0.4) is 0 Å². The summed E-state index contributed by atoms with van der Waals surface area (Å²) in [5.41, 5.74) is 0.816. The van der Waals surface area contributed by atoms with Gasteiger partial charge in [-0.15, -0.1) is 0 Å². The summed E-state index contributed by atoms with van der Waals surface area (Å²) in [6.45, 7) is -0.00206. The monoisotopic (exact) mass is 390 g/mol. The molecule has 2 aromatic carbocycles. The van der Waals surface area contributed by atoms with Crippen LogP contribution < -0.4 is 4.74 Å². The van der Waals surface area contributed by atoms with Crippen molar-refractivity contribution in [2.75, 3.05) is 0 Å². The summed E-state index contributed by atoms with van der Waals surface area (Å²) in [4.78, 5) is 0. The third-order valence-electron chi connectivity index (χ3n) is 2.29. The molecule has 2 nitrogen and oxygen atoms in total. The molecular formula is C13H9Br2ClO2. The second-order valence-electron chi connectivity index (χ2n) is 3.60. The quantitative estimate of drug-likeness (QED) is 0.783. The average Bonchev–Trinajstić information content (AvgIpc) is 2.34. The predicted octanol–water partition coefficient (Wildman–Crippen LogP) is 5.15. The number of aliphatic hydroxyl groups excluding tert-OH is 1. The molecule has 0 saturated carbocycles. The molecule has 0 heterocycles. The summed E-state index contributed by atoms with van der Waals surface area (Å²) in [7, 11) is 0. The highest BCUT2D eigenvalue weighted by molar-refractivity contribution is 9.10. The van der Waals surface area contributed by atoms with Crippen molar-refractivity contribution in [1.82, 2.24) is 0 Å². The van der Waals surface area contributed by atoms with Crippen LogP contribution in [0.5, 0.6) is 11.5 Å². The van der Waals surface area contributed by atoms with Gasteiger partial charge in [-0.05, 0) is 51.8 Å². The molecule has 94 valence electrons. The zero-order valence-corrected chi connectivity index (χ0v) is 13.1. The minimum Gasteiger partial charge on any atom is -0.455 e. The van der Waals surface area contributed by atoms with Crippen molar-refractivity contribution in [3.8, 4) is 11.5 Å². The number of hydrogen-bond acceptors (Lipinski definition) is 2. The van der Waals surface area contributed by atoms with Gasteiger partial charge in [0, 0.05) is 4.47 Å². The van der Waals surface area contributed by atoms with E-state index in [4.69, 9.17) is 21.4 Å². The Labute approximate surface area is 127 Å². The number of benzene rings is 2. The Morgan fingerprint density at radius 3 is 2.39 bits per heavy atom. The summed E-state index contributed by atoms with van der Waals surface area (Å²) >= 11 is 12.8. The largest absolute Gasteiger partial charge is 0.455 e. The second kappa shape index (κ2) is 6.06. The van der Waals surface area contributed by atoms with Crippen LogP contribution in [-0.2, 0) is 6.61 Å². The van der Waals surface area contributed by atoms with Crippen LogP contribution >= 0.6 is 43.5 Å². The van der Waals surface area contributed by atoms with Crippen LogP contribution in [0.4, 0.5) is 0 Å². The van der Waals surface area contributed by atoms with Crippen molar-refractivity contribution in [1.29, 1.82) is 0 Å². The smallest absolute Gasteiger partial charge is 0.146 e. The first-order valence-corrected chi connectivity index (χ1v) is 7.09. The number of hydrogen-bond donors (Lipinski definition) is 1. The summed E-state index contributed by atoms with van der Waals surface area (Å²) in [5, 5.41) is 9.56. The molecule has 18 heavy (non-hydrogen) atoms. The van der Waals surface area contributed by atoms with E-state index in [1.807, 2.05) is 12.1 Å². The molecule has 0 unspecified atom stereocenters. The van der Waals surface area contributed by atoms with Gasteiger partial charge in [0.25, 0.3) is 0 Å². The first kappa shape index (κ1) is 13.9. The molecule has 1 N–H and O–H groups in total. The van der Waals surface area contributed by atoms with Gasteiger partial charge in [-0.2, -0.15) is 0 Å². The summed E-state index contributed by atoms with van der Waals surface area (Å²) in [6, 6.07) is 10.8. The fraction of sp³-hybridized carbons (Fsp3) is 0.0769. The molecule has 0 spiro atoms. The van der Waals surface area contributed by atoms with E-state index in [2.05, 4.69) is 31.9 Å². The van der Waals surface area contributed by atoms with Crippen LogP contribution in [-0.4, -0.2) is 5.11 Å². The van der Waals surface area contributed by atoms with E-state index < -0.39 is 0 Å². The maximum atomic E-state index is 9.03. The molecule has 2 aromatic rings.